The number of primary amides is 1. The molecule has 0 bridgehead atoms. The standard InChI is InChI=1S/C10H13N3O3/c1-6-2-4-12-10(8(6)9(11)16)13-5-3-7(14)15/h2,4H,3,5H2,1H3,(H2,11,16)(H,12,13)(H,14,15). The van der Waals surface area contributed by atoms with Gasteiger partial charge in [-0.15, -0.1) is 0 Å². The molecular weight excluding hydrogens is 210 g/mol. The molecular formula is C10H13N3O3. The van der Waals surface area contributed by atoms with E-state index in [1.54, 1.807) is 13.0 Å². The number of nitrogens with two attached hydrogens (primary N) is 1. The Labute approximate surface area is 92.5 Å². The Kier molecular flexibility index (Phi) is 3.82. The maximum Gasteiger partial charge on any atom is 0.305 e. The lowest BCUT2D eigenvalue weighted by Gasteiger charge is -2.09. The lowest BCUT2D eigenvalue weighted by atomic mass is 10.1. The summed E-state index contributed by atoms with van der Waals surface area (Å²) >= 11 is 0. The fraction of sp³-hybridized carbons (Fsp3) is 0.300. The Bertz CT molecular complexity index is 418. The largest absolute Gasteiger partial charge is 0.481 e. The Morgan fingerprint density at radius 3 is 2.81 bits per heavy atom. The Morgan fingerprint density at radius 1 is 1.56 bits per heavy atom. The van der Waals surface area contributed by atoms with Gasteiger partial charge in [0.05, 0.1) is 12.0 Å². The van der Waals surface area contributed by atoms with Gasteiger partial charge in [-0.2, -0.15) is 0 Å². The van der Waals surface area contributed by atoms with Crippen molar-refractivity contribution < 1.29 is 14.7 Å². The highest BCUT2D eigenvalue weighted by Crippen LogP contribution is 2.15. The van der Waals surface area contributed by atoms with Crippen LogP contribution in [-0.2, 0) is 4.79 Å². The summed E-state index contributed by atoms with van der Waals surface area (Å²) in [6.07, 6.45) is 1.48. The van der Waals surface area contributed by atoms with E-state index in [9.17, 15) is 9.59 Å². The maximum absolute atomic E-state index is 11.2. The summed E-state index contributed by atoms with van der Waals surface area (Å²) in [4.78, 5) is 25.4. The second-order valence-electron chi connectivity index (χ2n) is 3.29. The van der Waals surface area contributed by atoms with Crippen molar-refractivity contribution in [3.05, 3.63) is 23.4 Å². The highest BCUT2D eigenvalue weighted by atomic mass is 16.4. The number of aromatic nitrogens is 1. The minimum Gasteiger partial charge on any atom is -0.481 e. The predicted octanol–water partition coefficient (Wildman–Crippen LogP) is 0.376. The molecule has 0 unspecified atom stereocenters. The molecule has 1 aromatic heterocycles. The van der Waals surface area contributed by atoms with Crippen molar-refractivity contribution in [2.45, 2.75) is 13.3 Å². The summed E-state index contributed by atoms with van der Waals surface area (Å²) < 4.78 is 0. The molecule has 1 heterocycles. The lowest BCUT2D eigenvalue weighted by Crippen LogP contribution is -2.18. The van der Waals surface area contributed by atoms with E-state index in [0.717, 1.165) is 0 Å². The van der Waals surface area contributed by atoms with Gasteiger partial charge in [-0.05, 0) is 18.6 Å². The van der Waals surface area contributed by atoms with E-state index in [1.165, 1.54) is 6.20 Å². The van der Waals surface area contributed by atoms with Crippen LogP contribution >= 0.6 is 0 Å². The van der Waals surface area contributed by atoms with Crippen LogP contribution in [0.5, 0.6) is 0 Å². The van der Waals surface area contributed by atoms with Gasteiger partial charge in [-0.25, -0.2) is 4.98 Å². The minimum absolute atomic E-state index is 0.0478. The molecule has 0 spiro atoms. The number of aliphatic carboxylic acids is 1. The van der Waals surface area contributed by atoms with Gasteiger partial charge in [0.15, 0.2) is 0 Å². The molecule has 0 saturated heterocycles. The SMILES string of the molecule is Cc1ccnc(NCCC(=O)O)c1C(N)=O. The Hall–Kier alpha value is -2.11. The van der Waals surface area contributed by atoms with Crippen molar-refractivity contribution in [1.29, 1.82) is 0 Å². The third-order valence-corrected chi connectivity index (χ3v) is 2.04. The van der Waals surface area contributed by atoms with E-state index < -0.39 is 11.9 Å². The van der Waals surface area contributed by atoms with Crippen LogP contribution in [0.4, 0.5) is 5.82 Å². The average molecular weight is 223 g/mol. The van der Waals surface area contributed by atoms with Crippen molar-refractivity contribution in [3.8, 4) is 0 Å². The molecule has 1 aromatic rings. The number of carbonyl (C=O) groups excluding carboxylic acids is 1. The number of nitrogens with zero attached hydrogens (tertiary/aromatic N) is 1. The van der Waals surface area contributed by atoms with Gasteiger partial charge in [0.1, 0.15) is 5.82 Å². The number of amides is 1. The monoisotopic (exact) mass is 223 g/mol. The van der Waals surface area contributed by atoms with Crippen molar-refractivity contribution in [1.82, 2.24) is 4.98 Å². The van der Waals surface area contributed by atoms with Gasteiger partial charge in [0.25, 0.3) is 5.91 Å². The van der Waals surface area contributed by atoms with Crippen molar-refractivity contribution in [3.63, 3.8) is 0 Å². The molecule has 1 rings (SSSR count). The number of hydrogen-bond acceptors (Lipinski definition) is 4. The smallest absolute Gasteiger partial charge is 0.305 e. The third-order valence-electron chi connectivity index (χ3n) is 2.04. The first kappa shape index (κ1) is 12.0. The molecule has 0 aliphatic carbocycles. The average Bonchev–Trinajstić information content (AvgIpc) is 2.16. The van der Waals surface area contributed by atoms with E-state index in [1.807, 2.05) is 0 Å². The van der Waals surface area contributed by atoms with Crippen LogP contribution in [0.3, 0.4) is 0 Å². The highest BCUT2D eigenvalue weighted by Gasteiger charge is 2.12. The zero-order valence-corrected chi connectivity index (χ0v) is 8.86. The number of anilines is 1. The molecule has 4 N–H and O–H groups in total. The summed E-state index contributed by atoms with van der Waals surface area (Å²) in [6.45, 7) is 1.94. The molecule has 0 fully saturated rings. The van der Waals surface area contributed by atoms with Crippen LogP contribution in [0.15, 0.2) is 12.3 Å². The second kappa shape index (κ2) is 5.11. The molecule has 0 radical (unpaired) electrons. The summed E-state index contributed by atoms with van der Waals surface area (Å²) in [7, 11) is 0. The van der Waals surface area contributed by atoms with E-state index in [4.69, 9.17) is 10.8 Å². The third kappa shape index (κ3) is 2.94. The lowest BCUT2D eigenvalue weighted by molar-refractivity contribution is -0.136. The van der Waals surface area contributed by atoms with Crippen LogP contribution in [0, 0.1) is 6.92 Å². The summed E-state index contributed by atoms with van der Waals surface area (Å²) in [5.41, 5.74) is 6.22. The molecule has 0 aliphatic rings. The predicted molar refractivity (Wildman–Crippen MR) is 58.2 cm³/mol. The molecule has 6 nitrogen and oxygen atoms in total. The molecule has 16 heavy (non-hydrogen) atoms. The highest BCUT2D eigenvalue weighted by molar-refractivity contribution is 5.99. The number of pyridine rings is 1. The first-order valence-electron chi connectivity index (χ1n) is 4.73. The summed E-state index contributed by atoms with van der Waals surface area (Å²) in [5.74, 6) is -1.17. The molecule has 0 aromatic carbocycles. The Morgan fingerprint density at radius 2 is 2.25 bits per heavy atom. The zero-order valence-electron chi connectivity index (χ0n) is 8.86. The quantitative estimate of drug-likeness (QED) is 0.669. The van der Waals surface area contributed by atoms with Crippen LogP contribution in [0.2, 0.25) is 0 Å². The normalized spacial score (nSPS) is 9.81. The number of carboxylic acid groups (broad SMARTS) is 1. The van der Waals surface area contributed by atoms with Crippen LogP contribution in [-0.4, -0.2) is 28.5 Å². The second-order valence-corrected chi connectivity index (χ2v) is 3.29. The van der Waals surface area contributed by atoms with Gasteiger partial charge in [-0.3, -0.25) is 9.59 Å². The topological polar surface area (TPSA) is 105 Å². The molecule has 0 aliphatic heterocycles. The number of aryl methyl sites for hydroxylation is 1. The van der Waals surface area contributed by atoms with Gasteiger partial charge in [-0.1, -0.05) is 0 Å². The molecule has 0 saturated carbocycles. The molecule has 6 heteroatoms. The zero-order chi connectivity index (χ0) is 12.1. The molecule has 86 valence electrons. The first-order valence-corrected chi connectivity index (χ1v) is 4.73. The van der Waals surface area contributed by atoms with Crippen molar-refractivity contribution in [2.75, 3.05) is 11.9 Å². The number of rotatable bonds is 5. The maximum atomic E-state index is 11.2. The van der Waals surface area contributed by atoms with Crippen molar-refractivity contribution in [2.24, 2.45) is 5.73 Å². The van der Waals surface area contributed by atoms with Gasteiger partial charge in [0, 0.05) is 12.7 Å². The van der Waals surface area contributed by atoms with E-state index in [0.29, 0.717) is 16.9 Å². The van der Waals surface area contributed by atoms with Gasteiger partial charge >= 0.3 is 5.97 Å². The Balaban J connectivity index is 2.83. The fourth-order valence-electron chi connectivity index (χ4n) is 1.29. The van der Waals surface area contributed by atoms with Crippen LogP contribution in [0.1, 0.15) is 22.3 Å². The summed E-state index contributed by atoms with van der Waals surface area (Å²) in [5, 5.41) is 11.2. The fourth-order valence-corrected chi connectivity index (χ4v) is 1.29. The van der Waals surface area contributed by atoms with Gasteiger partial charge in [0.2, 0.25) is 0 Å². The van der Waals surface area contributed by atoms with Crippen molar-refractivity contribution >= 4 is 17.7 Å². The van der Waals surface area contributed by atoms with E-state index in [-0.39, 0.29) is 13.0 Å². The minimum atomic E-state index is -0.916. The van der Waals surface area contributed by atoms with Crippen LogP contribution < -0.4 is 11.1 Å². The number of nitrogens with one attached hydrogen (secondary N) is 1. The van der Waals surface area contributed by atoms with Gasteiger partial charge < -0.3 is 16.2 Å². The van der Waals surface area contributed by atoms with E-state index >= 15 is 0 Å². The van der Waals surface area contributed by atoms with E-state index in [2.05, 4.69) is 10.3 Å². The first-order chi connectivity index (χ1) is 7.52. The number of hydrogen-bond donors (Lipinski definition) is 3. The molecule has 0 atom stereocenters. The number of carbonyl (C=O) groups is 2. The van der Waals surface area contributed by atoms with Crippen LogP contribution in [0.25, 0.3) is 0 Å². The summed E-state index contributed by atoms with van der Waals surface area (Å²) in [6, 6.07) is 1.67. The number of carboxylic acids is 1. The molecule has 1 amide bonds.